The van der Waals surface area contributed by atoms with Crippen LogP contribution in [0.15, 0.2) is 74.5 Å². The number of ether oxygens (including phenoxy) is 1. The van der Waals surface area contributed by atoms with Crippen LogP contribution in [0.25, 0.3) is 22.4 Å². The Kier molecular flexibility index (Phi) is 5.53. The van der Waals surface area contributed by atoms with Gasteiger partial charge in [0.15, 0.2) is 5.76 Å². The second kappa shape index (κ2) is 8.40. The zero-order valence-corrected chi connectivity index (χ0v) is 16.3. The summed E-state index contributed by atoms with van der Waals surface area (Å²) in [6.07, 6.45) is 1.64. The maximum atomic E-state index is 12.3. The SMILES string of the molecule is CCN=c1scc(-c2cc3ccccc3o2)n1N=Cc1ccc(OC(F)F)cc1. The van der Waals surface area contributed by atoms with Gasteiger partial charge in [-0.3, -0.25) is 4.99 Å². The van der Waals surface area contributed by atoms with Crippen LogP contribution in [-0.2, 0) is 0 Å². The highest BCUT2D eigenvalue weighted by Gasteiger charge is 2.12. The molecule has 0 saturated heterocycles. The van der Waals surface area contributed by atoms with Gasteiger partial charge in [-0.25, -0.2) is 4.68 Å². The third-order valence-corrected chi connectivity index (χ3v) is 4.94. The lowest BCUT2D eigenvalue weighted by Gasteiger charge is -2.04. The van der Waals surface area contributed by atoms with Gasteiger partial charge in [-0.2, -0.15) is 13.9 Å². The van der Waals surface area contributed by atoms with Crippen molar-refractivity contribution in [3.63, 3.8) is 0 Å². The van der Waals surface area contributed by atoms with E-state index in [4.69, 9.17) is 4.42 Å². The van der Waals surface area contributed by atoms with E-state index in [1.54, 1.807) is 23.0 Å². The highest BCUT2D eigenvalue weighted by molar-refractivity contribution is 7.07. The second-order valence-corrected chi connectivity index (χ2v) is 6.87. The first-order valence-corrected chi connectivity index (χ1v) is 9.81. The Balaban J connectivity index is 1.69. The van der Waals surface area contributed by atoms with Crippen LogP contribution in [0.2, 0.25) is 0 Å². The highest BCUT2D eigenvalue weighted by atomic mass is 32.1. The third-order valence-electron chi connectivity index (χ3n) is 4.08. The molecule has 8 heteroatoms. The molecule has 0 saturated carbocycles. The fourth-order valence-corrected chi connectivity index (χ4v) is 3.67. The van der Waals surface area contributed by atoms with E-state index in [9.17, 15) is 8.78 Å². The van der Waals surface area contributed by atoms with Gasteiger partial charge in [0.05, 0.1) is 6.21 Å². The molecule has 4 aromatic rings. The van der Waals surface area contributed by atoms with E-state index in [0.717, 1.165) is 27.0 Å². The molecule has 0 fully saturated rings. The molecule has 2 heterocycles. The molecule has 29 heavy (non-hydrogen) atoms. The lowest BCUT2D eigenvalue weighted by molar-refractivity contribution is -0.0498. The maximum Gasteiger partial charge on any atom is 0.387 e. The van der Waals surface area contributed by atoms with Gasteiger partial charge < -0.3 is 9.15 Å². The Hall–Kier alpha value is -3.26. The van der Waals surface area contributed by atoms with Crippen molar-refractivity contribution in [3.8, 4) is 17.2 Å². The normalized spacial score (nSPS) is 12.5. The van der Waals surface area contributed by atoms with Crippen molar-refractivity contribution in [2.24, 2.45) is 10.1 Å². The number of benzene rings is 2. The minimum atomic E-state index is -2.85. The Morgan fingerprint density at radius 1 is 1.17 bits per heavy atom. The van der Waals surface area contributed by atoms with Gasteiger partial charge in [-0.15, -0.1) is 11.3 Å². The number of rotatable bonds is 6. The summed E-state index contributed by atoms with van der Waals surface area (Å²) in [4.78, 5) is 5.22. The van der Waals surface area contributed by atoms with Crippen LogP contribution < -0.4 is 9.54 Å². The van der Waals surface area contributed by atoms with Gasteiger partial charge in [0.2, 0.25) is 4.80 Å². The smallest absolute Gasteiger partial charge is 0.387 e. The minimum absolute atomic E-state index is 0.102. The largest absolute Gasteiger partial charge is 0.454 e. The van der Waals surface area contributed by atoms with Crippen molar-refractivity contribution >= 4 is 28.5 Å². The highest BCUT2D eigenvalue weighted by Crippen LogP contribution is 2.28. The van der Waals surface area contributed by atoms with Crippen molar-refractivity contribution in [3.05, 3.63) is 70.3 Å². The number of thiazole rings is 1. The number of fused-ring (bicyclic) bond motifs is 1. The molecule has 4 rings (SSSR count). The molecule has 0 aliphatic carbocycles. The molecule has 0 aliphatic rings. The van der Waals surface area contributed by atoms with Crippen molar-refractivity contribution < 1.29 is 17.9 Å². The predicted octanol–water partition coefficient (Wildman–Crippen LogP) is 5.37. The maximum absolute atomic E-state index is 12.3. The van der Waals surface area contributed by atoms with Crippen LogP contribution in [0.4, 0.5) is 8.78 Å². The molecule has 0 radical (unpaired) electrons. The molecular formula is C21H17F2N3O2S. The number of furan rings is 1. The van der Waals surface area contributed by atoms with Crippen LogP contribution in [-0.4, -0.2) is 24.0 Å². The monoisotopic (exact) mass is 413 g/mol. The lowest BCUT2D eigenvalue weighted by atomic mass is 10.2. The number of nitrogens with zero attached hydrogens (tertiary/aromatic N) is 3. The number of aromatic nitrogens is 1. The quantitative estimate of drug-likeness (QED) is 0.399. The second-order valence-electron chi connectivity index (χ2n) is 6.03. The zero-order chi connectivity index (χ0) is 20.2. The van der Waals surface area contributed by atoms with Crippen molar-refractivity contribution in [1.82, 2.24) is 4.68 Å². The van der Waals surface area contributed by atoms with Crippen molar-refractivity contribution in [1.29, 1.82) is 0 Å². The standard InChI is InChI=1S/C21H17F2N3O2S/c1-2-24-21-26(25-12-14-7-9-16(10-8-14)27-20(22)23)17(13-29-21)19-11-15-5-3-4-6-18(15)28-19/h3-13,20H,2H2,1H3. The Morgan fingerprint density at radius 2 is 1.97 bits per heavy atom. The molecule has 148 valence electrons. The first-order chi connectivity index (χ1) is 14.1. The molecule has 0 unspecified atom stereocenters. The molecule has 0 amide bonds. The molecule has 2 aromatic carbocycles. The average Bonchev–Trinajstić information content (AvgIpc) is 3.31. The number of para-hydroxylation sites is 1. The van der Waals surface area contributed by atoms with Gasteiger partial charge in [0.1, 0.15) is 17.0 Å². The van der Waals surface area contributed by atoms with Gasteiger partial charge in [0, 0.05) is 17.3 Å². The van der Waals surface area contributed by atoms with E-state index in [1.165, 1.54) is 23.5 Å². The van der Waals surface area contributed by atoms with E-state index < -0.39 is 6.61 Å². The van der Waals surface area contributed by atoms with Crippen LogP contribution in [0.3, 0.4) is 0 Å². The van der Waals surface area contributed by atoms with Crippen LogP contribution >= 0.6 is 11.3 Å². The zero-order valence-electron chi connectivity index (χ0n) is 15.5. The number of halogens is 2. The topological polar surface area (TPSA) is 52.0 Å². The summed E-state index contributed by atoms with van der Waals surface area (Å²) in [6.45, 7) is -0.272. The summed E-state index contributed by atoms with van der Waals surface area (Å²) in [5.74, 6) is 0.794. The average molecular weight is 413 g/mol. The predicted molar refractivity (Wildman–Crippen MR) is 110 cm³/mol. The molecule has 0 atom stereocenters. The molecule has 5 nitrogen and oxygen atoms in total. The fraction of sp³-hybridized carbons (Fsp3) is 0.143. The van der Waals surface area contributed by atoms with Gasteiger partial charge in [-0.1, -0.05) is 18.2 Å². The Bertz CT molecular complexity index is 1170. The first-order valence-electron chi connectivity index (χ1n) is 8.93. The summed E-state index contributed by atoms with van der Waals surface area (Å²) in [5, 5.41) is 7.51. The summed E-state index contributed by atoms with van der Waals surface area (Å²) < 4.78 is 36.6. The summed E-state index contributed by atoms with van der Waals surface area (Å²) in [5.41, 5.74) is 2.32. The third kappa shape index (κ3) is 4.27. The summed E-state index contributed by atoms with van der Waals surface area (Å²) >= 11 is 1.47. The van der Waals surface area contributed by atoms with Gasteiger partial charge >= 0.3 is 6.61 Å². The Morgan fingerprint density at radius 3 is 2.69 bits per heavy atom. The van der Waals surface area contributed by atoms with Crippen molar-refractivity contribution in [2.75, 3.05) is 6.54 Å². The van der Waals surface area contributed by atoms with Crippen LogP contribution in [0, 0.1) is 0 Å². The molecule has 2 aromatic heterocycles. The van der Waals surface area contributed by atoms with E-state index in [1.807, 2.05) is 42.6 Å². The molecule has 0 bridgehead atoms. The number of alkyl halides is 2. The summed E-state index contributed by atoms with van der Waals surface area (Å²) in [6, 6.07) is 16.0. The Labute approximate surface area is 169 Å². The lowest BCUT2D eigenvalue weighted by Crippen LogP contribution is -2.12. The van der Waals surface area contributed by atoms with Crippen LogP contribution in [0.1, 0.15) is 12.5 Å². The van der Waals surface area contributed by atoms with E-state index >= 15 is 0 Å². The van der Waals surface area contributed by atoms with E-state index in [-0.39, 0.29) is 5.75 Å². The minimum Gasteiger partial charge on any atom is -0.454 e. The molecular weight excluding hydrogens is 396 g/mol. The molecule has 0 aliphatic heterocycles. The number of hydrogen-bond acceptors (Lipinski definition) is 5. The molecule has 0 N–H and O–H groups in total. The van der Waals surface area contributed by atoms with Crippen LogP contribution in [0.5, 0.6) is 5.75 Å². The summed E-state index contributed by atoms with van der Waals surface area (Å²) in [7, 11) is 0. The fourth-order valence-electron chi connectivity index (χ4n) is 2.79. The van der Waals surface area contributed by atoms with E-state index in [0.29, 0.717) is 12.3 Å². The van der Waals surface area contributed by atoms with Gasteiger partial charge in [-0.05, 0) is 48.9 Å². The van der Waals surface area contributed by atoms with E-state index in [2.05, 4.69) is 14.8 Å². The first kappa shape index (κ1) is 19.1. The number of hydrogen-bond donors (Lipinski definition) is 0. The van der Waals surface area contributed by atoms with Crippen molar-refractivity contribution in [2.45, 2.75) is 13.5 Å². The molecule has 0 spiro atoms. The van der Waals surface area contributed by atoms with Gasteiger partial charge in [0.25, 0.3) is 0 Å².